The number of anilines is 1. The fraction of sp³-hybridized carbons (Fsp3) is 0.143. The minimum atomic E-state index is 0.221. The Labute approximate surface area is 78.5 Å². The fourth-order valence-electron chi connectivity index (χ4n) is 0.960. The number of hydrazine groups is 1. The molecular formula is C7H8N4OS. The van der Waals surface area contributed by atoms with Crippen molar-refractivity contribution in [3.63, 3.8) is 0 Å². The molecule has 0 saturated carbocycles. The molecule has 2 aromatic rings. The van der Waals surface area contributed by atoms with Crippen LogP contribution in [0.15, 0.2) is 16.0 Å². The van der Waals surface area contributed by atoms with Gasteiger partial charge in [0.15, 0.2) is 0 Å². The van der Waals surface area contributed by atoms with Crippen molar-refractivity contribution in [1.29, 1.82) is 0 Å². The molecule has 0 spiro atoms. The lowest BCUT2D eigenvalue weighted by Crippen LogP contribution is -2.06. The number of aromatic nitrogens is 2. The van der Waals surface area contributed by atoms with E-state index >= 15 is 0 Å². The Morgan fingerprint density at radius 2 is 2.46 bits per heavy atom. The minimum Gasteiger partial charge on any atom is -0.314 e. The molecule has 0 radical (unpaired) electrons. The van der Waals surface area contributed by atoms with Crippen LogP contribution in [0.2, 0.25) is 0 Å². The van der Waals surface area contributed by atoms with Crippen LogP contribution in [-0.4, -0.2) is 10.1 Å². The Morgan fingerprint density at radius 3 is 3.00 bits per heavy atom. The number of nitrogens with two attached hydrogens (primary N) is 1. The lowest BCUT2D eigenvalue weighted by Gasteiger charge is -1.84. The highest BCUT2D eigenvalue weighted by Gasteiger charge is 2.07. The van der Waals surface area contributed by atoms with Crippen molar-refractivity contribution in [1.82, 2.24) is 10.1 Å². The predicted molar refractivity (Wildman–Crippen MR) is 50.2 cm³/mol. The van der Waals surface area contributed by atoms with Gasteiger partial charge in [-0.15, -0.1) is 11.3 Å². The van der Waals surface area contributed by atoms with E-state index in [0.29, 0.717) is 5.82 Å². The molecule has 0 saturated heterocycles. The van der Waals surface area contributed by atoms with E-state index in [4.69, 9.17) is 10.4 Å². The zero-order valence-corrected chi connectivity index (χ0v) is 7.76. The standard InChI is InChI=1S/C7H8N4OS/c1-4-2-5(3-13-4)6-9-7(10-8)12-11-6/h2-3H,8H2,1H3,(H,9,10,11). The maximum atomic E-state index is 5.10. The number of nitrogens with one attached hydrogen (secondary N) is 1. The SMILES string of the molecule is Cc1cc(-c2noc(NN)n2)cs1. The molecule has 0 aliphatic rings. The quantitative estimate of drug-likeness (QED) is 0.560. The summed E-state index contributed by atoms with van der Waals surface area (Å²) in [6.45, 7) is 2.02. The summed E-state index contributed by atoms with van der Waals surface area (Å²) in [4.78, 5) is 5.22. The first-order valence-corrected chi connectivity index (χ1v) is 4.53. The number of hydrogen-bond donors (Lipinski definition) is 2. The molecule has 5 nitrogen and oxygen atoms in total. The molecule has 0 atom stereocenters. The highest BCUT2D eigenvalue weighted by atomic mass is 32.1. The molecule has 0 fully saturated rings. The molecule has 0 bridgehead atoms. The van der Waals surface area contributed by atoms with Crippen molar-refractivity contribution < 1.29 is 4.52 Å². The van der Waals surface area contributed by atoms with E-state index in [2.05, 4.69) is 15.6 Å². The van der Waals surface area contributed by atoms with Gasteiger partial charge in [0.25, 0.3) is 0 Å². The summed E-state index contributed by atoms with van der Waals surface area (Å²) in [5, 5.41) is 5.72. The van der Waals surface area contributed by atoms with Gasteiger partial charge in [0, 0.05) is 15.8 Å². The molecule has 2 heterocycles. The average Bonchev–Trinajstić information content (AvgIpc) is 2.71. The smallest absolute Gasteiger partial charge is 0.314 e. The topological polar surface area (TPSA) is 77.0 Å². The molecule has 0 aromatic carbocycles. The van der Waals surface area contributed by atoms with Gasteiger partial charge in [-0.25, -0.2) is 5.84 Å². The third-order valence-corrected chi connectivity index (χ3v) is 2.40. The van der Waals surface area contributed by atoms with Crippen LogP contribution in [0.3, 0.4) is 0 Å². The van der Waals surface area contributed by atoms with Gasteiger partial charge in [0.05, 0.1) is 0 Å². The van der Waals surface area contributed by atoms with Gasteiger partial charge in [-0.05, 0) is 13.0 Å². The summed E-state index contributed by atoms with van der Waals surface area (Å²) in [6, 6.07) is 2.22. The van der Waals surface area contributed by atoms with Crippen LogP contribution >= 0.6 is 11.3 Å². The lowest BCUT2D eigenvalue weighted by molar-refractivity contribution is 0.432. The van der Waals surface area contributed by atoms with Gasteiger partial charge in [-0.1, -0.05) is 5.16 Å². The second kappa shape index (κ2) is 3.15. The summed E-state index contributed by atoms with van der Waals surface area (Å²) >= 11 is 1.64. The van der Waals surface area contributed by atoms with Crippen LogP contribution in [0, 0.1) is 6.92 Å². The molecule has 3 N–H and O–H groups in total. The minimum absolute atomic E-state index is 0.221. The Bertz CT molecular complexity index is 408. The predicted octanol–water partition coefficient (Wildman–Crippen LogP) is 1.39. The van der Waals surface area contributed by atoms with Gasteiger partial charge in [-0.3, -0.25) is 5.43 Å². The molecule has 6 heteroatoms. The Balaban J connectivity index is 2.35. The third kappa shape index (κ3) is 1.53. The van der Waals surface area contributed by atoms with E-state index in [1.165, 1.54) is 4.88 Å². The molecule has 0 unspecified atom stereocenters. The zero-order valence-electron chi connectivity index (χ0n) is 6.94. The summed E-state index contributed by atoms with van der Waals surface area (Å²) in [7, 11) is 0. The lowest BCUT2D eigenvalue weighted by atomic mass is 10.3. The van der Waals surface area contributed by atoms with Gasteiger partial charge in [0.1, 0.15) is 0 Å². The second-order valence-electron chi connectivity index (χ2n) is 2.51. The molecular weight excluding hydrogens is 188 g/mol. The van der Waals surface area contributed by atoms with Gasteiger partial charge in [0.2, 0.25) is 5.82 Å². The molecule has 13 heavy (non-hydrogen) atoms. The zero-order chi connectivity index (χ0) is 9.26. The van der Waals surface area contributed by atoms with E-state index in [0.717, 1.165) is 5.56 Å². The summed E-state index contributed by atoms with van der Waals surface area (Å²) < 4.78 is 4.78. The van der Waals surface area contributed by atoms with E-state index in [1.807, 2.05) is 18.4 Å². The third-order valence-electron chi connectivity index (χ3n) is 1.54. The molecule has 2 rings (SSSR count). The highest BCUT2D eigenvalue weighted by Crippen LogP contribution is 2.23. The Morgan fingerprint density at radius 1 is 1.62 bits per heavy atom. The number of nitrogens with zero attached hydrogens (tertiary/aromatic N) is 2. The normalized spacial score (nSPS) is 10.3. The summed E-state index contributed by atoms with van der Waals surface area (Å²) in [5.74, 6) is 5.66. The van der Waals surface area contributed by atoms with Gasteiger partial charge < -0.3 is 4.52 Å². The largest absolute Gasteiger partial charge is 0.335 e. The summed E-state index contributed by atoms with van der Waals surface area (Å²) in [5.41, 5.74) is 3.24. The van der Waals surface area contributed by atoms with Crippen LogP contribution in [0.25, 0.3) is 11.4 Å². The van der Waals surface area contributed by atoms with E-state index in [-0.39, 0.29) is 6.01 Å². The molecule has 0 amide bonds. The van der Waals surface area contributed by atoms with Crippen LogP contribution < -0.4 is 11.3 Å². The maximum absolute atomic E-state index is 5.10. The number of aryl methyl sites for hydroxylation is 1. The number of thiophene rings is 1. The van der Waals surface area contributed by atoms with Gasteiger partial charge in [-0.2, -0.15) is 4.98 Å². The molecule has 2 aromatic heterocycles. The molecule has 0 aliphatic heterocycles. The van der Waals surface area contributed by atoms with Crippen molar-refractivity contribution in [3.05, 3.63) is 16.3 Å². The van der Waals surface area contributed by atoms with Crippen molar-refractivity contribution in [2.24, 2.45) is 5.84 Å². The molecule has 68 valence electrons. The Hall–Kier alpha value is -1.40. The second-order valence-corrected chi connectivity index (χ2v) is 3.63. The van der Waals surface area contributed by atoms with Crippen LogP contribution in [0.4, 0.5) is 6.01 Å². The first-order valence-electron chi connectivity index (χ1n) is 3.65. The molecule has 0 aliphatic carbocycles. The van der Waals surface area contributed by atoms with Crippen molar-refractivity contribution in [2.75, 3.05) is 5.43 Å². The first-order chi connectivity index (χ1) is 6.29. The van der Waals surface area contributed by atoms with E-state index in [9.17, 15) is 0 Å². The van der Waals surface area contributed by atoms with E-state index < -0.39 is 0 Å². The van der Waals surface area contributed by atoms with E-state index in [1.54, 1.807) is 11.3 Å². The average molecular weight is 196 g/mol. The van der Waals surface area contributed by atoms with Crippen LogP contribution in [-0.2, 0) is 0 Å². The van der Waals surface area contributed by atoms with Gasteiger partial charge >= 0.3 is 6.01 Å². The monoisotopic (exact) mass is 196 g/mol. The number of nitrogen functional groups attached to an aromatic ring is 1. The highest BCUT2D eigenvalue weighted by molar-refractivity contribution is 7.10. The van der Waals surface area contributed by atoms with Crippen molar-refractivity contribution in [3.8, 4) is 11.4 Å². The summed E-state index contributed by atoms with van der Waals surface area (Å²) in [6.07, 6.45) is 0. The van der Waals surface area contributed by atoms with Crippen LogP contribution in [0.1, 0.15) is 4.88 Å². The van der Waals surface area contributed by atoms with Crippen molar-refractivity contribution >= 4 is 17.4 Å². The number of hydrogen-bond acceptors (Lipinski definition) is 6. The first kappa shape index (κ1) is 8.21. The maximum Gasteiger partial charge on any atom is 0.335 e. The van der Waals surface area contributed by atoms with Crippen molar-refractivity contribution in [2.45, 2.75) is 6.92 Å². The van der Waals surface area contributed by atoms with Crippen LogP contribution in [0.5, 0.6) is 0 Å². The fourth-order valence-corrected chi connectivity index (χ4v) is 1.64. The Kier molecular flexibility index (Phi) is 1.99. The number of rotatable bonds is 2.